The topological polar surface area (TPSA) is 45.7 Å². The molecule has 0 spiro atoms. The van der Waals surface area contributed by atoms with Crippen LogP contribution in [0.25, 0.3) is 0 Å². The van der Waals surface area contributed by atoms with Crippen LogP contribution in [0.5, 0.6) is 0 Å². The second-order valence-corrected chi connectivity index (χ2v) is 6.49. The summed E-state index contributed by atoms with van der Waals surface area (Å²) in [6.07, 6.45) is 7.13. The van der Waals surface area contributed by atoms with Crippen LogP contribution in [0.4, 0.5) is 0 Å². The van der Waals surface area contributed by atoms with Gasteiger partial charge in [0.1, 0.15) is 0 Å². The Morgan fingerprint density at radius 2 is 1.80 bits per heavy atom. The lowest BCUT2D eigenvalue weighted by molar-refractivity contribution is 0.0776. The normalized spacial score (nSPS) is 19.8. The van der Waals surface area contributed by atoms with Gasteiger partial charge >= 0.3 is 0 Å². The Labute approximate surface area is 123 Å². The molecule has 0 radical (unpaired) electrons. The molecule has 2 saturated carbocycles. The van der Waals surface area contributed by atoms with Crippen LogP contribution in [0.1, 0.15) is 46.0 Å². The number of hydrogen-bond acceptors (Lipinski definition) is 2. The van der Waals surface area contributed by atoms with E-state index in [0.717, 1.165) is 49.8 Å². The number of nitrogens with zero attached hydrogens (tertiary/aromatic N) is 1. The molecule has 2 aliphatic rings. The van der Waals surface area contributed by atoms with Crippen LogP contribution in [-0.4, -0.2) is 38.8 Å². The number of aliphatic imine (C=N–C) groups is 1. The summed E-state index contributed by atoms with van der Waals surface area (Å²) in [5.41, 5.74) is 0. The molecule has 4 nitrogen and oxygen atoms in total. The molecule has 0 saturated heterocycles. The maximum Gasteiger partial charge on any atom is 0.190 e. The third-order valence-electron chi connectivity index (χ3n) is 4.25. The first kappa shape index (κ1) is 15.6. The second kappa shape index (κ2) is 7.87. The van der Waals surface area contributed by atoms with Crippen LogP contribution < -0.4 is 10.6 Å². The van der Waals surface area contributed by atoms with Gasteiger partial charge in [-0.25, -0.2) is 0 Å². The highest BCUT2D eigenvalue weighted by atomic mass is 16.5. The number of nitrogens with one attached hydrogen (secondary N) is 2. The lowest BCUT2D eigenvalue weighted by Crippen LogP contribution is -2.41. The molecule has 0 aromatic heterocycles. The maximum atomic E-state index is 5.53. The first-order valence-corrected chi connectivity index (χ1v) is 8.26. The van der Waals surface area contributed by atoms with Crippen molar-refractivity contribution < 1.29 is 4.74 Å². The van der Waals surface area contributed by atoms with Crippen LogP contribution in [-0.2, 0) is 4.74 Å². The minimum atomic E-state index is 0.324. The van der Waals surface area contributed by atoms with Gasteiger partial charge in [-0.05, 0) is 63.7 Å². The Morgan fingerprint density at radius 3 is 2.30 bits per heavy atom. The number of guanidine groups is 1. The predicted octanol–water partition coefficient (Wildman–Crippen LogP) is 2.40. The molecule has 4 heteroatoms. The Balaban J connectivity index is 1.57. The van der Waals surface area contributed by atoms with Gasteiger partial charge in [0.15, 0.2) is 5.96 Å². The van der Waals surface area contributed by atoms with Crippen LogP contribution in [0.15, 0.2) is 4.99 Å². The van der Waals surface area contributed by atoms with Gasteiger partial charge in [-0.15, -0.1) is 0 Å². The van der Waals surface area contributed by atoms with Crippen molar-refractivity contribution in [1.82, 2.24) is 10.6 Å². The van der Waals surface area contributed by atoms with E-state index < -0.39 is 0 Å². The lowest BCUT2D eigenvalue weighted by atomic mass is 9.98. The molecule has 0 heterocycles. The standard InChI is InChI=1S/C16H31N3O/c1-12(2)20-10-4-9-18-16(17-3)19-11-15(13-5-6-13)14-7-8-14/h12-15H,4-11H2,1-3H3,(H2,17,18,19). The zero-order valence-corrected chi connectivity index (χ0v) is 13.3. The minimum Gasteiger partial charge on any atom is -0.379 e. The zero-order chi connectivity index (χ0) is 14.4. The van der Waals surface area contributed by atoms with Crippen molar-refractivity contribution in [3.05, 3.63) is 0 Å². The molecule has 20 heavy (non-hydrogen) atoms. The SMILES string of the molecule is CN=C(NCCCOC(C)C)NCC(C1CC1)C1CC1. The summed E-state index contributed by atoms with van der Waals surface area (Å²) in [5, 5.41) is 6.89. The number of hydrogen-bond donors (Lipinski definition) is 2. The molecule has 0 bridgehead atoms. The maximum absolute atomic E-state index is 5.53. The molecule has 2 aliphatic carbocycles. The average Bonchev–Trinajstić information content (AvgIpc) is 3.27. The van der Waals surface area contributed by atoms with Gasteiger partial charge in [-0.2, -0.15) is 0 Å². The Bertz CT molecular complexity index is 297. The van der Waals surface area contributed by atoms with Gasteiger partial charge in [0.25, 0.3) is 0 Å². The summed E-state index contributed by atoms with van der Waals surface area (Å²) in [6, 6.07) is 0. The van der Waals surface area contributed by atoms with E-state index in [1.807, 2.05) is 7.05 Å². The zero-order valence-electron chi connectivity index (χ0n) is 13.3. The molecule has 2 N–H and O–H groups in total. The summed E-state index contributed by atoms with van der Waals surface area (Å²) in [6.45, 7) is 6.98. The fraction of sp³-hybridized carbons (Fsp3) is 0.938. The Morgan fingerprint density at radius 1 is 1.15 bits per heavy atom. The molecular formula is C16H31N3O. The Hall–Kier alpha value is -0.770. The Kier molecular flexibility index (Phi) is 6.14. The van der Waals surface area contributed by atoms with E-state index >= 15 is 0 Å². The fourth-order valence-corrected chi connectivity index (χ4v) is 2.80. The summed E-state index contributed by atoms with van der Waals surface area (Å²) >= 11 is 0. The highest BCUT2D eigenvalue weighted by Gasteiger charge is 2.41. The highest BCUT2D eigenvalue weighted by molar-refractivity contribution is 5.79. The summed E-state index contributed by atoms with van der Waals surface area (Å²) in [5.74, 6) is 3.82. The number of ether oxygens (including phenoxy) is 1. The van der Waals surface area contributed by atoms with E-state index in [4.69, 9.17) is 4.74 Å². The van der Waals surface area contributed by atoms with E-state index in [0.29, 0.717) is 6.10 Å². The smallest absolute Gasteiger partial charge is 0.190 e. The van der Waals surface area contributed by atoms with Gasteiger partial charge in [0.05, 0.1) is 6.10 Å². The van der Waals surface area contributed by atoms with Crippen LogP contribution in [0, 0.1) is 17.8 Å². The van der Waals surface area contributed by atoms with Gasteiger partial charge in [0.2, 0.25) is 0 Å². The first-order chi connectivity index (χ1) is 9.70. The molecule has 116 valence electrons. The van der Waals surface area contributed by atoms with E-state index in [2.05, 4.69) is 29.5 Å². The number of rotatable bonds is 9. The first-order valence-electron chi connectivity index (χ1n) is 8.26. The van der Waals surface area contributed by atoms with Crippen LogP contribution in [0.2, 0.25) is 0 Å². The van der Waals surface area contributed by atoms with Gasteiger partial charge in [-0.1, -0.05) is 0 Å². The molecule has 0 amide bonds. The van der Waals surface area contributed by atoms with E-state index in [1.54, 1.807) is 0 Å². The molecule has 0 aromatic carbocycles. The summed E-state index contributed by atoms with van der Waals surface area (Å²) in [4.78, 5) is 4.31. The van der Waals surface area contributed by atoms with Crippen molar-refractivity contribution in [2.75, 3.05) is 26.7 Å². The van der Waals surface area contributed by atoms with Crippen LogP contribution in [0.3, 0.4) is 0 Å². The van der Waals surface area contributed by atoms with Crippen molar-refractivity contribution in [3.63, 3.8) is 0 Å². The largest absolute Gasteiger partial charge is 0.379 e. The second-order valence-electron chi connectivity index (χ2n) is 6.49. The van der Waals surface area contributed by atoms with E-state index in [1.165, 1.54) is 25.7 Å². The van der Waals surface area contributed by atoms with E-state index in [9.17, 15) is 0 Å². The van der Waals surface area contributed by atoms with Gasteiger partial charge < -0.3 is 15.4 Å². The van der Waals surface area contributed by atoms with Crippen molar-refractivity contribution >= 4 is 5.96 Å². The van der Waals surface area contributed by atoms with Crippen molar-refractivity contribution in [2.24, 2.45) is 22.7 Å². The van der Waals surface area contributed by atoms with Crippen LogP contribution >= 0.6 is 0 Å². The average molecular weight is 281 g/mol. The molecule has 0 aliphatic heterocycles. The third kappa shape index (κ3) is 5.70. The lowest BCUT2D eigenvalue weighted by Gasteiger charge is -2.18. The molecular weight excluding hydrogens is 250 g/mol. The van der Waals surface area contributed by atoms with Gasteiger partial charge in [-0.3, -0.25) is 4.99 Å². The monoisotopic (exact) mass is 281 g/mol. The minimum absolute atomic E-state index is 0.324. The van der Waals surface area contributed by atoms with Crippen molar-refractivity contribution in [3.8, 4) is 0 Å². The van der Waals surface area contributed by atoms with E-state index in [-0.39, 0.29) is 0 Å². The van der Waals surface area contributed by atoms with Crippen molar-refractivity contribution in [1.29, 1.82) is 0 Å². The molecule has 2 rings (SSSR count). The quantitative estimate of drug-likeness (QED) is 0.387. The third-order valence-corrected chi connectivity index (χ3v) is 4.25. The van der Waals surface area contributed by atoms with Crippen molar-refractivity contribution in [2.45, 2.75) is 52.1 Å². The highest BCUT2D eigenvalue weighted by Crippen LogP contribution is 2.48. The predicted molar refractivity (Wildman–Crippen MR) is 84.0 cm³/mol. The summed E-state index contributed by atoms with van der Waals surface area (Å²) < 4.78 is 5.53. The van der Waals surface area contributed by atoms with Gasteiger partial charge in [0, 0.05) is 26.7 Å². The molecule has 0 unspecified atom stereocenters. The molecule has 0 aromatic rings. The molecule has 0 atom stereocenters. The molecule has 2 fully saturated rings. The summed E-state index contributed by atoms with van der Waals surface area (Å²) in [7, 11) is 1.85. The fourth-order valence-electron chi connectivity index (χ4n) is 2.80.